The minimum absolute atomic E-state index is 0.0281. The Hall–Kier alpha value is -1.59. The number of azide groups is 1. The Kier molecular flexibility index (Phi) is 4.08. The van der Waals surface area contributed by atoms with Crippen molar-refractivity contribution in [3.63, 3.8) is 0 Å². The Morgan fingerprint density at radius 2 is 2.27 bits per heavy atom. The summed E-state index contributed by atoms with van der Waals surface area (Å²) < 4.78 is 0.646. The first-order valence-corrected chi connectivity index (χ1v) is 4.87. The van der Waals surface area contributed by atoms with Gasteiger partial charge in [-0.1, -0.05) is 21.0 Å². The molecule has 1 rings (SSSR count). The minimum atomic E-state index is -0.457. The van der Waals surface area contributed by atoms with Gasteiger partial charge in [-0.2, -0.15) is 0 Å². The summed E-state index contributed by atoms with van der Waals surface area (Å²) in [6, 6.07) is 4.66. The van der Waals surface area contributed by atoms with Gasteiger partial charge in [0.15, 0.2) is 0 Å². The molecule has 0 N–H and O–H groups in total. The van der Waals surface area contributed by atoms with Crippen molar-refractivity contribution >= 4 is 21.6 Å². The standard InChI is InChI=1S/C8H7BrN4O2/c9-7-3-6(1-2-11-12-10)4-8(5-7)13(14)15/h3-5H,1-2H2. The van der Waals surface area contributed by atoms with Gasteiger partial charge in [0.2, 0.25) is 0 Å². The van der Waals surface area contributed by atoms with E-state index in [1.165, 1.54) is 12.1 Å². The normalized spacial score (nSPS) is 9.40. The van der Waals surface area contributed by atoms with Crippen LogP contribution in [-0.4, -0.2) is 11.5 Å². The van der Waals surface area contributed by atoms with E-state index in [0.717, 1.165) is 5.56 Å². The van der Waals surface area contributed by atoms with Crippen molar-refractivity contribution in [3.8, 4) is 0 Å². The number of nitro groups is 1. The third kappa shape index (κ3) is 3.57. The van der Waals surface area contributed by atoms with Crippen LogP contribution >= 0.6 is 15.9 Å². The number of nitro benzene ring substituents is 1. The molecule has 0 aliphatic heterocycles. The fourth-order valence-corrected chi connectivity index (χ4v) is 1.64. The van der Waals surface area contributed by atoms with Gasteiger partial charge in [-0.05, 0) is 23.6 Å². The highest BCUT2D eigenvalue weighted by molar-refractivity contribution is 9.10. The van der Waals surface area contributed by atoms with Crippen LogP contribution in [0, 0.1) is 10.1 Å². The second-order valence-electron chi connectivity index (χ2n) is 2.78. The van der Waals surface area contributed by atoms with Crippen LogP contribution in [0.3, 0.4) is 0 Å². The maximum Gasteiger partial charge on any atom is 0.270 e. The van der Waals surface area contributed by atoms with E-state index in [2.05, 4.69) is 26.0 Å². The Morgan fingerprint density at radius 3 is 2.87 bits per heavy atom. The highest BCUT2D eigenvalue weighted by Crippen LogP contribution is 2.21. The number of rotatable bonds is 4. The van der Waals surface area contributed by atoms with E-state index in [9.17, 15) is 10.1 Å². The molecule has 1 aromatic carbocycles. The van der Waals surface area contributed by atoms with Crippen LogP contribution in [0.5, 0.6) is 0 Å². The predicted octanol–water partition coefficient (Wildman–Crippen LogP) is 3.21. The molecule has 0 bridgehead atoms. The van der Waals surface area contributed by atoms with Crippen LogP contribution in [-0.2, 0) is 6.42 Å². The lowest BCUT2D eigenvalue weighted by molar-refractivity contribution is -0.385. The van der Waals surface area contributed by atoms with Crippen molar-refractivity contribution in [2.45, 2.75) is 6.42 Å². The van der Waals surface area contributed by atoms with E-state index in [1.807, 2.05) is 0 Å². The highest BCUT2D eigenvalue weighted by Gasteiger charge is 2.07. The number of nitrogens with zero attached hydrogens (tertiary/aromatic N) is 4. The van der Waals surface area contributed by atoms with Gasteiger partial charge in [0.1, 0.15) is 0 Å². The molecule has 0 spiro atoms. The average molecular weight is 271 g/mol. The smallest absolute Gasteiger partial charge is 0.258 e. The third-order valence-corrected chi connectivity index (χ3v) is 2.17. The molecule has 78 valence electrons. The largest absolute Gasteiger partial charge is 0.270 e. The number of benzene rings is 1. The first-order valence-electron chi connectivity index (χ1n) is 4.08. The van der Waals surface area contributed by atoms with Gasteiger partial charge in [-0.3, -0.25) is 10.1 Å². The number of non-ortho nitro benzene ring substituents is 1. The summed E-state index contributed by atoms with van der Waals surface area (Å²) in [4.78, 5) is 12.7. The summed E-state index contributed by atoms with van der Waals surface area (Å²) in [5.74, 6) is 0. The molecule has 0 heterocycles. The molecule has 0 aromatic heterocycles. The molecule has 0 aliphatic carbocycles. The van der Waals surface area contributed by atoms with Gasteiger partial charge < -0.3 is 0 Å². The number of hydrogen-bond donors (Lipinski definition) is 0. The van der Waals surface area contributed by atoms with E-state index in [1.54, 1.807) is 6.07 Å². The van der Waals surface area contributed by atoms with Crippen LogP contribution in [0.15, 0.2) is 27.8 Å². The van der Waals surface area contributed by atoms with E-state index in [0.29, 0.717) is 17.4 Å². The van der Waals surface area contributed by atoms with Gasteiger partial charge in [-0.25, -0.2) is 0 Å². The molecule has 15 heavy (non-hydrogen) atoms. The van der Waals surface area contributed by atoms with Crippen molar-refractivity contribution in [3.05, 3.63) is 48.8 Å². The molecular formula is C8H7BrN4O2. The summed E-state index contributed by atoms with van der Waals surface area (Å²) in [7, 11) is 0. The van der Waals surface area contributed by atoms with E-state index in [-0.39, 0.29) is 5.69 Å². The van der Waals surface area contributed by atoms with Crippen LogP contribution in [0.4, 0.5) is 5.69 Å². The summed E-state index contributed by atoms with van der Waals surface area (Å²) in [6.07, 6.45) is 0.490. The summed E-state index contributed by atoms with van der Waals surface area (Å²) >= 11 is 3.18. The summed E-state index contributed by atoms with van der Waals surface area (Å²) in [5.41, 5.74) is 8.88. The SMILES string of the molecule is [N-]=[N+]=NCCc1cc(Br)cc([N+](=O)[O-])c1. The van der Waals surface area contributed by atoms with Crippen molar-refractivity contribution in [2.24, 2.45) is 5.11 Å². The van der Waals surface area contributed by atoms with Crippen molar-refractivity contribution in [2.75, 3.05) is 6.54 Å². The Bertz CT molecular complexity index is 429. The van der Waals surface area contributed by atoms with Crippen molar-refractivity contribution < 1.29 is 4.92 Å². The van der Waals surface area contributed by atoms with Gasteiger partial charge in [0.05, 0.1) is 4.92 Å². The molecule has 1 aromatic rings. The zero-order chi connectivity index (χ0) is 11.3. The second kappa shape index (κ2) is 5.33. The predicted molar refractivity (Wildman–Crippen MR) is 58.5 cm³/mol. The van der Waals surface area contributed by atoms with Gasteiger partial charge in [0.25, 0.3) is 5.69 Å². The molecule has 0 atom stereocenters. The lowest BCUT2D eigenvalue weighted by atomic mass is 10.1. The molecule has 7 heteroatoms. The highest BCUT2D eigenvalue weighted by atomic mass is 79.9. The molecule has 0 radical (unpaired) electrons. The molecular weight excluding hydrogens is 264 g/mol. The minimum Gasteiger partial charge on any atom is -0.258 e. The fraction of sp³-hybridized carbons (Fsp3) is 0.250. The van der Waals surface area contributed by atoms with Crippen molar-refractivity contribution in [1.82, 2.24) is 0 Å². The zero-order valence-corrected chi connectivity index (χ0v) is 9.22. The Labute approximate surface area is 93.8 Å². The van der Waals surface area contributed by atoms with Gasteiger partial charge in [0, 0.05) is 28.1 Å². The quantitative estimate of drug-likeness (QED) is 0.276. The second-order valence-corrected chi connectivity index (χ2v) is 3.69. The molecule has 6 nitrogen and oxygen atoms in total. The van der Waals surface area contributed by atoms with Gasteiger partial charge >= 0.3 is 0 Å². The molecule has 0 fully saturated rings. The van der Waals surface area contributed by atoms with Crippen LogP contribution in [0.2, 0.25) is 0 Å². The zero-order valence-electron chi connectivity index (χ0n) is 7.63. The molecule has 0 saturated carbocycles. The first kappa shape index (κ1) is 11.5. The van der Waals surface area contributed by atoms with Crippen LogP contribution < -0.4 is 0 Å². The molecule has 0 unspecified atom stereocenters. The Balaban J connectivity index is 2.88. The maximum atomic E-state index is 10.5. The van der Waals surface area contributed by atoms with Gasteiger partial charge in [-0.15, -0.1) is 0 Å². The monoisotopic (exact) mass is 270 g/mol. The van der Waals surface area contributed by atoms with E-state index in [4.69, 9.17) is 5.53 Å². The molecule has 0 aliphatic rings. The van der Waals surface area contributed by atoms with Crippen molar-refractivity contribution in [1.29, 1.82) is 0 Å². The van der Waals surface area contributed by atoms with E-state index < -0.39 is 4.92 Å². The average Bonchev–Trinajstić information content (AvgIpc) is 2.17. The maximum absolute atomic E-state index is 10.5. The molecule has 0 amide bonds. The Morgan fingerprint density at radius 1 is 1.53 bits per heavy atom. The number of hydrogen-bond acceptors (Lipinski definition) is 3. The first-order chi connectivity index (χ1) is 7.13. The third-order valence-electron chi connectivity index (χ3n) is 1.72. The lowest BCUT2D eigenvalue weighted by Gasteiger charge is -1.99. The van der Waals surface area contributed by atoms with Crippen LogP contribution in [0.25, 0.3) is 10.4 Å². The van der Waals surface area contributed by atoms with Crippen LogP contribution in [0.1, 0.15) is 5.56 Å². The fourth-order valence-electron chi connectivity index (χ4n) is 1.11. The lowest BCUT2D eigenvalue weighted by Crippen LogP contribution is -1.93. The number of halogens is 1. The topological polar surface area (TPSA) is 91.9 Å². The molecule has 0 saturated heterocycles. The summed E-state index contributed by atoms with van der Waals surface area (Å²) in [5, 5.41) is 13.9. The van der Waals surface area contributed by atoms with E-state index >= 15 is 0 Å². The summed E-state index contributed by atoms with van der Waals surface area (Å²) in [6.45, 7) is 0.296.